The fourth-order valence-electron chi connectivity index (χ4n) is 2.93. The highest BCUT2D eigenvalue weighted by atomic mass is 19.4. The van der Waals surface area contributed by atoms with Gasteiger partial charge in [0.1, 0.15) is 0 Å². The van der Waals surface area contributed by atoms with E-state index in [9.17, 15) is 75.4 Å². The third-order valence-electron chi connectivity index (χ3n) is 5.32. The number of allylic oxidation sites excluding steroid dienone is 2. The standard InChI is InChI=1S/C23H18F16O/c1-2-3-7-13(10-15(12-40)14-8-5-4-6-9-14)11-16(24)17(25,26)18(27,28)19(29,30)20(31,32)21(33,34)22(35,36)23(37,38)39/h4-6,8-9,11,40H,2-3,7,12H2,1H3/b16-11-. The highest BCUT2D eigenvalue weighted by Crippen LogP contribution is 2.63. The Balaban J connectivity index is 3.78. The van der Waals surface area contributed by atoms with Crippen LogP contribution < -0.4 is 0 Å². The zero-order chi connectivity index (χ0) is 31.6. The van der Waals surface area contributed by atoms with Crippen LogP contribution in [0.4, 0.5) is 70.2 Å². The van der Waals surface area contributed by atoms with Gasteiger partial charge in [-0.1, -0.05) is 43.7 Å². The van der Waals surface area contributed by atoms with Gasteiger partial charge in [-0.25, -0.2) is 4.39 Å². The minimum atomic E-state index is -8.51. The van der Waals surface area contributed by atoms with Gasteiger partial charge in [0.2, 0.25) is 0 Å². The van der Waals surface area contributed by atoms with E-state index in [0.717, 1.165) is 0 Å². The number of aliphatic hydroxyl groups is 1. The zero-order valence-corrected chi connectivity index (χ0v) is 19.8. The Labute approximate surface area is 215 Å². The molecule has 0 fully saturated rings. The van der Waals surface area contributed by atoms with Crippen molar-refractivity contribution in [3.63, 3.8) is 0 Å². The number of benzene rings is 1. The number of rotatable bonds is 12. The molecule has 1 nitrogen and oxygen atoms in total. The summed E-state index contributed by atoms with van der Waals surface area (Å²) in [6.45, 7) is 0.544. The summed E-state index contributed by atoms with van der Waals surface area (Å²) >= 11 is 0. The van der Waals surface area contributed by atoms with E-state index in [1.807, 2.05) is 0 Å². The summed E-state index contributed by atoms with van der Waals surface area (Å²) in [6, 6.07) is 6.87. The highest BCUT2D eigenvalue weighted by molar-refractivity contribution is 5.66. The van der Waals surface area contributed by atoms with Gasteiger partial charge >= 0.3 is 41.7 Å². The van der Waals surface area contributed by atoms with Crippen molar-refractivity contribution in [3.05, 3.63) is 59.1 Å². The minimum Gasteiger partial charge on any atom is -0.391 e. The topological polar surface area (TPSA) is 20.2 Å². The molecule has 1 rings (SSSR count). The maximum atomic E-state index is 14.4. The first-order valence-electron chi connectivity index (χ1n) is 10.7. The van der Waals surface area contributed by atoms with Gasteiger partial charge in [-0.05, 0) is 30.1 Å². The Morgan fingerprint density at radius 1 is 0.725 bits per heavy atom. The van der Waals surface area contributed by atoms with Gasteiger partial charge in [0, 0.05) is 5.57 Å². The molecule has 1 aromatic carbocycles. The van der Waals surface area contributed by atoms with Gasteiger partial charge in [-0.2, -0.15) is 65.9 Å². The molecule has 1 aromatic rings. The molecular weight excluding hydrogens is 596 g/mol. The Bertz CT molecular complexity index is 1110. The molecule has 0 aliphatic rings. The van der Waals surface area contributed by atoms with Crippen molar-refractivity contribution >= 4 is 5.57 Å². The molecular formula is C23H18F16O. The highest BCUT2D eigenvalue weighted by Gasteiger charge is 2.93. The largest absolute Gasteiger partial charge is 0.460 e. The number of halogens is 16. The molecule has 0 bridgehead atoms. The van der Waals surface area contributed by atoms with Crippen LogP contribution in [0.5, 0.6) is 0 Å². The second kappa shape index (κ2) is 11.7. The maximum Gasteiger partial charge on any atom is 0.460 e. The first-order valence-corrected chi connectivity index (χ1v) is 10.7. The summed E-state index contributed by atoms with van der Waals surface area (Å²) in [5.41, 5.74) is 1.11. The number of aliphatic hydroxyl groups excluding tert-OH is 1. The summed E-state index contributed by atoms with van der Waals surface area (Å²) in [5, 5.41) is 9.48. The van der Waals surface area contributed by atoms with E-state index < -0.39 is 72.2 Å². The maximum absolute atomic E-state index is 14.4. The van der Waals surface area contributed by atoms with E-state index in [-0.39, 0.29) is 24.0 Å². The van der Waals surface area contributed by atoms with Gasteiger partial charge in [-0.3, -0.25) is 0 Å². The number of unbranched alkanes of at least 4 members (excludes halogenated alkanes) is 1. The van der Waals surface area contributed by atoms with Crippen LogP contribution in [0.15, 0.2) is 53.5 Å². The molecule has 0 radical (unpaired) electrons. The molecule has 40 heavy (non-hydrogen) atoms. The van der Waals surface area contributed by atoms with Crippen LogP contribution in [-0.4, -0.2) is 53.4 Å². The first-order chi connectivity index (χ1) is 17.9. The second-order valence-electron chi connectivity index (χ2n) is 8.19. The molecule has 0 aromatic heterocycles. The SMILES string of the molecule is CCCCC(=C=C(CO)c1ccccc1)/C=C(\F)C(F)(F)C(F)(F)C(F)(F)C(F)(F)C(F)(F)C(F)(F)C(F)(F)F. The van der Waals surface area contributed by atoms with Crippen LogP contribution in [0.3, 0.4) is 0 Å². The summed E-state index contributed by atoms with van der Waals surface area (Å²) in [5.74, 6) is -52.3. The van der Waals surface area contributed by atoms with Crippen molar-refractivity contribution in [3.8, 4) is 0 Å². The Hall–Kier alpha value is -2.68. The van der Waals surface area contributed by atoms with Crippen molar-refractivity contribution < 1.29 is 75.4 Å². The Morgan fingerprint density at radius 2 is 1.18 bits per heavy atom. The quantitative estimate of drug-likeness (QED) is 0.142. The third kappa shape index (κ3) is 5.99. The lowest BCUT2D eigenvalue weighted by Crippen LogP contribution is -2.72. The van der Waals surface area contributed by atoms with E-state index in [2.05, 4.69) is 5.73 Å². The van der Waals surface area contributed by atoms with Crippen molar-refractivity contribution in [2.45, 2.75) is 67.9 Å². The summed E-state index contributed by atoms with van der Waals surface area (Å²) < 4.78 is 215. The molecule has 0 unspecified atom stereocenters. The molecule has 0 saturated carbocycles. The van der Waals surface area contributed by atoms with Crippen molar-refractivity contribution in [2.75, 3.05) is 6.61 Å². The third-order valence-corrected chi connectivity index (χ3v) is 5.32. The molecule has 0 atom stereocenters. The molecule has 0 aliphatic heterocycles. The summed E-state index contributed by atoms with van der Waals surface area (Å²) in [7, 11) is 0. The van der Waals surface area contributed by atoms with Crippen LogP contribution in [-0.2, 0) is 0 Å². The fraction of sp³-hybridized carbons (Fsp3) is 0.522. The number of alkyl halides is 15. The van der Waals surface area contributed by atoms with Crippen LogP contribution >= 0.6 is 0 Å². The van der Waals surface area contributed by atoms with Crippen LogP contribution in [0.1, 0.15) is 31.7 Å². The van der Waals surface area contributed by atoms with Gasteiger partial charge < -0.3 is 5.11 Å². The molecule has 1 N–H and O–H groups in total. The lowest BCUT2D eigenvalue weighted by Gasteiger charge is -2.41. The normalized spacial score (nSPS) is 14.7. The average molecular weight is 614 g/mol. The number of hydrogen-bond acceptors (Lipinski definition) is 1. The first kappa shape index (κ1) is 35.3. The summed E-state index contributed by atoms with van der Waals surface area (Å²) in [4.78, 5) is 0. The lowest BCUT2D eigenvalue weighted by atomic mass is 9.90. The molecule has 0 heterocycles. The van der Waals surface area contributed by atoms with Crippen molar-refractivity contribution in [2.24, 2.45) is 0 Å². The van der Waals surface area contributed by atoms with E-state index >= 15 is 0 Å². The Morgan fingerprint density at radius 3 is 1.60 bits per heavy atom. The monoisotopic (exact) mass is 614 g/mol. The minimum absolute atomic E-state index is 0.0471. The molecule has 17 heteroatoms. The molecule has 228 valence electrons. The predicted molar refractivity (Wildman–Crippen MR) is 108 cm³/mol. The lowest BCUT2D eigenvalue weighted by molar-refractivity contribution is -0.450. The van der Waals surface area contributed by atoms with Crippen molar-refractivity contribution in [1.82, 2.24) is 0 Å². The van der Waals surface area contributed by atoms with Gasteiger partial charge in [0.05, 0.1) is 6.61 Å². The van der Waals surface area contributed by atoms with E-state index in [1.54, 1.807) is 0 Å². The average Bonchev–Trinajstić information content (AvgIpc) is 2.84. The van der Waals surface area contributed by atoms with Crippen LogP contribution in [0.2, 0.25) is 0 Å². The second-order valence-corrected chi connectivity index (χ2v) is 8.19. The van der Waals surface area contributed by atoms with Crippen LogP contribution in [0.25, 0.3) is 5.57 Å². The molecule has 0 aliphatic carbocycles. The smallest absolute Gasteiger partial charge is 0.391 e. The molecule has 0 amide bonds. The fourth-order valence-corrected chi connectivity index (χ4v) is 2.93. The van der Waals surface area contributed by atoms with E-state index in [1.165, 1.54) is 37.3 Å². The molecule has 0 saturated heterocycles. The van der Waals surface area contributed by atoms with Gasteiger partial charge in [0.15, 0.2) is 5.83 Å². The summed E-state index contributed by atoms with van der Waals surface area (Å²) in [6.07, 6.45) is -8.72. The van der Waals surface area contributed by atoms with E-state index in [4.69, 9.17) is 0 Å². The number of hydrogen-bond donors (Lipinski definition) is 1. The van der Waals surface area contributed by atoms with E-state index in [0.29, 0.717) is 0 Å². The zero-order valence-electron chi connectivity index (χ0n) is 19.8. The van der Waals surface area contributed by atoms with Crippen LogP contribution in [0, 0.1) is 0 Å². The molecule has 0 spiro atoms. The van der Waals surface area contributed by atoms with Gasteiger partial charge in [0.25, 0.3) is 0 Å². The van der Waals surface area contributed by atoms with Gasteiger partial charge in [-0.15, -0.1) is 5.73 Å². The predicted octanol–water partition coefficient (Wildman–Crippen LogP) is 9.01. The van der Waals surface area contributed by atoms with Crippen molar-refractivity contribution in [1.29, 1.82) is 0 Å². The Kier molecular flexibility index (Phi) is 10.3.